The van der Waals surface area contributed by atoms with Gasteiger partial charge in [0.2, 0.25) is 0 Å². The van der Waals surface area contributed by atoms with E-state index in [1.54, 1.807) is 6.20 Å². The molecule has 0 amide bonds. The molecule has 2 aromatic rings. The molecule has 1 unspecified atom stereocenters. The summed E-state index contributed by atoms with van der Waals surface area (Å²) < 4.78 is 7.37. The van der Waals surface area contributed by atoms with Crippen LogP contribution in [0.4, 0.5) is 0 Å². The molecule has 0 fully saturated rings. The molecule has 0 aliphatic heterocycles. The van der Waals surface area contributed by atoms with Crippen LogP contribution in [0.5, 0.6) is 5.75 Å². The van der Waals surface area contributed by atoms with Crippen molar-refractivity contribution in [1.82, 2.24) is 9.78 Å². The lowest BCUT2D eigenvalue weighted by atomic mass is 10.0. The standard InChI is InChI=1S/C16H22N2O2/c1-3-12-20-15-7-4-13(5-8-15)16(19)9-6-14-10-11-17-18(14)2/h4-5,7-8,10-11,16,19H,3,6,9,12H2,1-2H3. The molecule has 0 bridgehead atoms. The van der Waals surface area contributed by atoms with Gasteiger partial charge < -0.3 is 9.84 Å². The highest BCUT2D eigenvalue weighted by molar-refractivity contribution is 5.28. The van der Waals surface area contributed by atoms with Crippen molar-refractivity contribution in [2.24, 2.45) is 7.05 Å². The van der Waals surface area contributed by atoms with Crippen LogP contribution in [-0.2, 0) is 13.5 Å². The Morgan fingerprint density at radius 1 is 1.25 bits per heavy atom. The van der Waals surface area contributed by atoms with Crippen LogP contribution < -0.4 is 4.74 Å². The number of hydrogen-bond donors (Lipinski definition) is 1. The van der Waals surface area contributed by atoms with E-state index in [-0.39, 0.29) is 0 Å². The topological polar surface area (TPSA) is 47.3 Å². The minimum absolute atomic E-state index is 0.454. The van der Waals surface area contributed by atoms with Gasteiger partial charge in [0.15, 0.2) is 0 Å². The third kappa shape index (κ3) is 3.84. The van der Waals surface area contributed by atoms with Crippen molar-refractivity contribution in [3.8, 4) is 5.75 Å². The first-order valence-electron chi connectivity index (χ1n) is 7.08. The van der Waals surface area contributed by atoms with Gasteiger partial charge in [-0.25, -0.2) is 0 Å². The van der Waals surface area contributed by atoms with E-state index >= 15 is 0 Å². The summed E-state index contributed by atoms with van der Waals surface area (Å²) in [7, 11) is 1.92. The monoisotopic (exact) mass is 274 g/mol. The second-order valence-electron chi connectivity index (χ2n) is 4.92. The quantitative estimate of drug-likeness (QED) is 0.844. The fraction of sp³-hybridized carbons (Fsp3) is 0.438. The van der Waals surface area contributed by atoms with Crippen molar-refractivity contribution < 1.29 is 9.84 Å². The maximum Gasteiger partial charge on any atom is 0.119 e. The van der Waals surface area contributed by atoms with Gasteiger partial charge in [0.05, 0.1) is 12.7 Å². The molecule has 1 heterocycles. The molecule has 0 aliphatic rings. The molecule has 0 radical (unpaired) electrons. The molecule has 108 valence electrons. The van der Waals surface area contributed by atoms with Crippen LogP contribution >= 0.6 is 0 Å². The molecule has 0 saturated heterocycles. The molecule has 1 N–H and O–H groups in total. The Morgan fingerprint density at radius 2 is 2.00 bits per heavy atom. The average molecular weight is 274 g/mol. The molecule has 2 rings (SSSR count). The molecule has 4 nitrogen and oxygen atoms in total. The number of ether oxygens (including phenoxy) is 1. The smallest absolute Gasteiger partial charge is 0.119 e. The number of aliphatic hydroxyl groups is 1. The Hall–Kier alpha value is -1.81. The van der Waals surface area contributed by atoms with E-state index < -0.39 is 6.10 Å². The highest BCUT2D eigenvalue weighted by Crippen LogP contribution is 2.21. The third-order valence-electron chi connectivity index (χ3n) is 3.33. The van der Waals surface area contributed by atoms with Crippen molar-refractivity contribution in [3.63, 3.8) is 0 Å². The second kappa shape index (κ2) is 7.10. The lowest BCUT2D eigenvalue weighted by Crippen LogP contribution is -2.03. The molecule has 0 aliphatic carbocycles. The first kappa shape index (κ1) is 14.6. The van der Waals surface area contributed by atoms with Gasteiger partial charge in [-0.2, -0.15) is 5.10 Å². The Balaban J connectivity index is 1.88. The zero-order valence-electron chi connectivity index (χ0n) is 12.1. The van der Waals surface area contributed by atoms with Crippen molar-refractivity contribution in [2.75, 3.05) is 6.61 Å². The largest absolute Gasteiger partial charge is 0.494 e. The number of hydrogen-bond acceptors (Lipinski definition) is 3. The molecule has 1 aromatic carbocycles. The normalized spacial score (nSPS) is 12.3. The van der Waals surface area contributed by atoms with Crippen LogP contribution in [0.25, 0.3) is 0 Å². The highest BCUT2D eigenvalue weighted by Gasteiger charge is 2.09. The van der Waals surface area contributed by atoms with Gasteiger partial charge in [0, 0.05) is 18.9 Å². The van der Waals surface area contributed by atoms with Crippen molar-refractivity contribution >= 4 is 0 Å². The number of aliphatic hydroxyl groups excluding tert-OH is 1. The molecular weight excluding hydrogens is 252 g/mol. The van der Waals surface area contributed by atoms with Crippen molar-refractivity contribution in [3.05, 3.63) is 47.8 Å². The number of nitrogens with zero attached hydrogens (tertiary/aromatic N) is 2. The molecule has 1 atom stereocenters. The summed E-state index contributed by atoms with van der Waals surface area (Å²) in [5.74, 6) is 0.856. The third-order valence-corrected chi connectivity index (χ3v) is 3.33. The predicted molar refractivity (Wildman–Crippen MR) is 78.7 cm³/mol. The molecule has 0 saturated carbocycles. The van der Waals surface area contributed by atoms with Gasteiger partial charge in [-0.05, 0) is 43.0 Å². The highest BCUT2D eigenvalue weighted by atomic mass is 16.5. The van der Waals surface area contributed by atoms with E-state index in [0.717, 1.165) is 36.5 Å². The van der Waals surface area contributed by atoms with Crippen LogP contribution in [0.15, 0.2) is 36.5 Å². The van der Waals surface area contributed by atoms with Crippen LogP contribution in [0.2, 0.25) is 0 Å². The Morgan fingerprint density at radius 3 is 2.60 bits per heavy atom. The predicted octanol–water partition coefficient (Wildman–Crippen LogP) is 2.88. The molecule has 20 heavy (non-hydrogen) atoms. The van der Waals surface area contributed by atoms with Crippen LogP contribution in [0.1, 0.15) is 37.1 Å². The van der Waals surface area contributed by atoms with Crippen LogP contribution in [-0.4, -0.2) is 21.5 Å². The summed E-state index contributed by atoms with van der Waals surface area (Å²) in [5, 5.41) is 14.3. The van der Waals surface area contributed by atoms with Gasteiger partial charge in [0.1, 0.15) is 5.75 Å². The SMILES string of the molecule is CCCOc1ccc(C(O)CCc2ccnn2C)cc1. The maximum absolute atomic E-state index is 10.2. The Labute approximate surface area is 120 Å². The lowest BCUT2D eigenvalue weighted by molar-refractivity contribution is 0.167. The number of rotatable bonds is 7. The van der Waals surface area contributed by atoms with Gasteiger partial charge in [-0.1, -0.05) is 19.1 Å². The number of benzene rings is 1. The minimum atomic E-state index is -0.454. The summed E-state index contributed by atoms with van der Waals surface area (Å²) in [6.07, 6.45) is 3.82. The zero-order valence-corrected chi connectivity index (χ0v) is 12.1. The van der Waals surface area contributed by atoms with Crippen molar-refractivity contribution in [2.45, 2.75) is 32.3 Å². The van der Waals surface area contributed by atoms with E-state index in [1.807, 2.05) is 42.1 Å². The van der Waals surface area contributed by atoms with Gasteiger partial charge in [-0.3, -0.25) is 4.68 Å². The van der Waals surface area contributed by atoms with Crippen LogP contribution in [0.3, 0.4) is 0 Å². The first-order chi connectivity index (χ1) is 9.70. The summed E-state index contributed by atoms with van der Waals surface area (Å²) >= 11 is 0. The molecule has 1 aromatic heterocycles. The minimum Gasteiger partial charge on any atom is -0.494 e. The summed E-state index contributed by atoms with van der Waals surface area (Å²) in [4.78, 5) is 0. The Kier molecular flexibility index (Phi) is 5.18. The fourth-order valence-corrected chi connectivity index (χ4v) is 2.10. The molecule has 0 spiro atoms. The molecule has 4 heteroatoms. The van der Waals surface area contributed by atoms with Gasteiger partial charge in [-0.15, -0.1) is 0 Å². The summed E-state index contributed by atoms with van der Waals surface area (Å²) in [6, 6.07) is 9.67. The van der Waals surface area contributed by atoms with Crippen LogP contribution in [0, 0.1) is 0 Å². The van der Waals surface area contributed by atoms with E-state index in [2.05, 4.69) is 12.0 Å². The fourth-order valence-electron chi connectivity index (χ4n) is 2.10. The van der Waals surface area contributed by atoms with E-state index in [9.17, 15) is 5.11 Å². The van der Waals surface area contributed by atoms with Gasteiger partial charge >= 0.3 is 0 Å². The Bertz CT molecular complexity index is 520. The lowest BCUT2D eigenvalue weighted by Gasteiger charge is -2.12. The summed E-state index contributed by atoms with van der Waals surface area (Å²) in [6.45, 7) is 2.80. The second-order valence-corrected chi connectivity index (χ2v) is 4.92. The average Bonchev–Trinajstić information content (AvgIpc) is 2.88. The zero-order chi connectivity index (χ0) is 14.4. The summed E-state index contributed by atoms with van der Waals surface area (Å²) in [5.41, 5.74) is 2.06. The number of aryl methyl sites for hydroxylation is 2. The first-order valence-corrected chi connectivity index (χ1v) is 7.08. The number of aromatic nitrogens is 2. The van der Waals surface area contributed by atoms with Crippen molar-refractivity contribution in [1.29, 1.82) is 0 Å². The van der Waals surface area contributed by atoms with Gasteiger partial charge in [0.25, 0.3) is 0 Å². The van der Waals surface area contributed by atoms with E-state index in [4.69, 9.17) is 4.74 Å². The van der Waals surface area contributed by atoms with E-state index in [1.165, 1.54) is 0 Å². The molecular formula is C16H22N2O2. The van der Waals surface area contributed by atoms with E-state index in [0.29, 0.717) is 6.42 Å². The maximum atomic E-state index is 10.2.